The molecule has 9 nitrogen and oxygen atoms in total. The monoisotopic (exact) mass is 668 g/mol. The molecule has 1 fully saturated rings. The van der Waals surface area contributed by atoms with E-state index < -0.39 is 30.0 Å². The van der Waals surface area contributed by atoms with E-state index in [9.17, 15) is 29.3 Å². The van der Waals surface area contributed by atoms with Crippen LogP contribution >= 0.6 is 22.6 Å². The first-order valence-corrected chi connectivity index (χ1v) is 14.3. The van der Waals surface area contributed by atoms with Gasteiger partial charge in [0.25, 0.3) is 0 Å². The van der Waals surface area contributed by atoms with Gasteiger partial charge in [-0.05, 0) is 65.3 Å². The first-order chi connectivity index (χ1) is 19.3. The largest absolute Gasteiger partial charge is 0.493 e. The Kier molecular flexibility index (Phi) is 10.4. The minimum Gasteiger partial charge on any atom is -0.493 e. The Bertz CT molecular complexity index is 1250. The topological polar surface area (TPSA) is 129 Å². The van der Waals surface area contributed by atoms with Gasteiger partial charge in [0.2, 0.25) is 11.8 Å². The van der Waals surface area contributed by atoms with Gasteiger partial charge in [0.05, 0.1) is 29.9 Å². The molecular formula is C29H34FIN2O7. The van der Waals surface area contributed by atoms with Crippen LogP contribution in [0.2, 0.25) is 0 Å². The first-order valence-electron chi connectivity index (χ1n) is 13.2. The first kappa shape index (κ1) is 30.2. The van der Waals surface area contributed by atoms with E-state index in [-0.39, 0.29) is 50.1 Å². The Morgan fingerprint density at radius 2 is 1.95 bits per heavy atom. The summed E-state index contributed by atoms with van der Waals surface area (Å²) < 4.78 is 27.1. The normalized spacial score (nSPS) is 20.8. The summed E-state index contributed by atoms with van der Waals surface area (Å²) in [7, 11) is 1.45. The lowest BCUT2D eigenvalue weighted by molar-refractivity contribution is -0.146. The van der Waals surface area contributed by atoms with Crippen molar-refractivity contribution < 1.29 is 38.8 Å². The number of carbonyl (C=O) groups is 2. The van der Waals surface area contributed by atoms with Crippen molar-refractivity contribution in [2.45, 2.75) is 57.1 Å². The molecule has 1 saturated carbocycles. The molecule has 11 heteroatoms. The number of nitrogens with zero attached hydrogens (tertiary/aromatic N) is 1. The van der Waals surface area contributed by atoms with Crippen LogP contribution in [0.25, 0.3) is 0 Å². The van der Waals surface area contributed by atoms with E-state index in [0.29, 0.717) is 39.0 Å². The van der Waals surface area contributed by atoms with Crippen LogP contribution in [-0.4, -0.2) is 70.5 Å². The van der Waals surface area contributed by atoms with Crippen LogP contribution in [0.5, 0.6) is 11.5 Å². The summed E-state index contributed by atoms with van der Waals surface area (Å²) in [6.07, 6.45) is 1.54. The number of hydrogen-bond donors (Lipinski definition) is 4. The van der Waals surface area contributed by atoms with Crippen molar-refractivity contribution >= 4 is 34.4 Å². The summed E-state index contributed by atoms with van der Waals surface area (Å²) in [6, 6.07) is 8.62. The molecule has 0 bridgehead atoms. The molecule has 2 aliphatic carbocycles. The van der Waals surface area contributed by atoms with Gasteiger partial charge < -0.3 is 35.0 Å². The van der Waals surface area contributed by atoms with Gasteiger partial charge in [0, 0.05) is 36.6 Å². The number of aliphatic hydroxyl groups is 3. The van der Waals surface area contributed by atoms with Crippen molar-refractivity contribution in [1.29, 1.82) is 0 Å². The lowest BCUT2D eigenvalue weighted by Crippen LogP contribution is -2.56. The number of halogens is 2. The van der Waals surface area contributed by atoms with Crippen molar-refractivity contribution in [3.8, 4) is 11.5 Å². The lowest BCUT2D eigenvalue weighted by Gasteiger charge is -2.43. The maximum atomic E-state index is 14.7. The van der Waals surface area contributed by atoms with Gasteiger partial charge >= 0.3 is 0 Å². The smallest absolute Gasteiger partial charge is 0.247 e. The highest BCUT2D eigenvalue weighted by Crippen LogP contribution is 2.38. The third kappa shape index (κ3) is 6.76. The minimum atomic E-state index is -1.26. The molecule has 2 amide bonds. The molecule has 0 aliphatic heterocycles. The molecule has 0 aromatic heterocycles. The summed E-state index contributed by atoms with van der Waals surface area (Å²) in [4.78, 5) is 28.2. The van der Waals surface area contributed by atoms with Gasteiger partial charge in [0.15, 0.2) is 11.5 Å². The number of rotatable bonds is 11. The van der Waals surface area contributed by atoms with Gasteiger partial charge in [0.1, 0.15) is 18.0 Å². The average molecular weight is 669 g/mol. The summed E-state index contributed by atoms with van der Waals surface area (Å²) in [5, 5.41) is 33.1. The zero-order valence-electron chi connectivity index (χ0n) is 22.2. The number of benzene rings is 2. The van der Waals surface area contributed by atoms with E-state index in [1.807, 2.05) is 22.6 Å². The van der Waals surface area contributed by atoms with E-state index in [1.165, 1.54) is 24.2 Å². The zero-order valence-corrected chi connectivity index (χ0v) is 24.3. The summed E-state index contributed by atoms with van der Waals surface area (Å²) in [5.41, 5.74) is 1.18. The molecule has 0 radical (unpaired) electrons. The van der Waals surface area contributed by atoms with Gasteiger partial charge in [-0.1, -0.05) is 24.6 Å². The van der Waals surface area contributed by atoms with Crippen molar-refractivity contribution in [3.63, 3.8) is 0 Å². The number of nitrogens with one attached hydrogen (secondary N) is 1. The van der Waals surface area contributed by atoms with Gasteiger partial charge in [-0.25, -0.2) is 4.39 Å². The molecule has 2 aliphatic rings. The van der Waals surface area contributed by atoms with Gasteiger partial charge in [-0.3, -0.25) is 9.59 Å². The van der Waals surface area contributed by atoms with E-state index in [4.69, 9.17) is 9.47 Å². The Balaban J connectivity index is 1.73. The fourth-order valence-electron chi connectivity index (χ4n) is 4.95. The molecule has 40 heavy (non-hydrogen) atoms. The molecule has 4 N–H and O–H groups in total. The van der Waals surface area contributed by atoms with Crippen LogP contribution in [-0.2, 0) is 22.7 Å². The Morgan fingerprint density at radius 3 is 2.58 bits per heavy atom. The van der Waals surface area contributed by atoms with Crippen LogP contribution in [0.1, 0.15) is 36.8 Å². The molecule has 0 unspecified atom stereocenters. The van der Waals surface area contributed by atoms with Gasteiger partial charge in [-0.2, -0.15) is 0 Å². The van der Waals surface area contributed by atoms with Crippen LogP contribution in [0.3, 0.4) is 0 Å². The number of aliphatic hydroxyl groups excluding tert-OH is 3. The number of carbonyl (C=O) groups excluding carboxylic acids is 2. The zero-order chi connectivity index (χ0) is 28.8. The maximum Gasteiger partial charge on any atom is 0.247 e. The second kappa shape index (κ2) is 13.7. The molecule has 216 valence electrons. The molecule has 0 saturated heterocycles. The third-order valence-corrected chi connectivity index (χ3v) is 8.18. The van der Waals surface area contributed by atoms with Crippen molar-refractivity contribution in [3.05, 3.63) is 68.6 Å². The molecule has 2 aromatic rings. The Labute approximate surface area is 246 Å². The summed E-state index contributed by atoms with van der Waals surface area (Å²) in [5.74, 6) is -0.719. The second-order valence-corrected chi connectivity index (χ2v) is 11.1. The highest BCUT2D eigenvalue weighted by Gasteiger charge is 2.43. The van der Waals surface area contributed by atoms with E-state index >= 15 is 0 Å². The molecule has 2 aromatic carbocycles. The standard InChI is InChI=1S/C29H34FIN2O7/c1-39-25-12-17(16-35)11-22(31)27(25)40-24-14-20(28(37)32-9-10-34)13-23(26(24)36)33(29(38)18-6-4-7-18)15-19-5-2-3-8-21(19)30/h2-3,5,8,11-12,14,18,23-24,26,34-36H,4,6-7,9-10,13,15-16H2,1H3,(H,32,37)/t23-,24+,26+/m1/s1. The number of amides is 2. The third-order valence-electron chi connectivity index (χ3n) is 7.38. The SMILES string of the molecule is COc1cc(CO)cc(I)c1O[C@H]1C=C(C(=O)NCCO)C[C@@H](N(Cc2ccccc2F)C(=O)C2CCC2)[C@@H]1O. The van der Waals surface area contributed by atoms with Crippen molar-refractivity contribution in [2.24, 2.45) is 5.92 Å². The van der Waals surface area contributed by atoms with E-state index in [1.54, 1.807) is 30.3 Å². The van der Waals surface area contributed by atoms with Crippen LogP contribution in [0, 0.1) is 15.3 Å². The van der Waals surface area contributed by atoms with Crippen molar-refractivity contribution in [1.82, 2.24) is 10.2 Å². The number of ether oxygens (including phenoxy) is 2. The quantitative estimate of drug-likeness (QED) is 0.271. The molecule has 0 heterocycles. The number of methoxy groups -OCH3 is 1. The minimum absolute atomic E-state index is 0.0167. The predicted octanol–water partition coefficient (Wildman–Crippen LogP) is 2.68. The predicted molar refractivity (Wildman–Crippen MR) is 153 cm³/mol. The van der Waals surface area contributed by atoms with Crippen LogP contribution in [0.15, 0.2) is 48.0 Å². The van der Waals surface area contributed by atoms with Crippen molar-refractivity contribution in [2.75, 3.05) is 20.3 Å². The second-order valence-electron chi connectivity index (χ2n) is 9.97. The average Bonchev–Trinajstić information content (AvgIpc) is 2.92. The highest BCUT2D eigenvalue weighted by atomic mass is 127. The molecule has 4 rings (SSSR count). The van der Waals surface area contributed by atoms with E-state index in [0.717, 1.165) is 6.42 Å². The summed E-state index contributed by atoms with van der Waals surface area (Å²) >= 11 is 2.04. The van der Waals surface area contributed by atoms with Crippen LogP contribution in [0.4, 0.5) is 4.39 Å². The molecule has 3 atom stereocenters. The van der Waals surface area contributed by atoms with Gasteiger partial charge in [-0.15, -0.1) is 0 Å². The Morgan fingerprint density at radius 1 is 1.20 bits per heavy atom. The highest BCUT2D eigenvalue weighted by molar-refractivity contribution is 14.1. The maximum absolute atomic E-state index is 14.7. The molecular weight excluding hydrogens is 634 g/mol. The van der Waals surface area contributed by atoms with E-state index in [2.05, 4.69) is 5.32 Å². The summed E-state index contributed by atoms with van der Waals surface area (Å²) in [6.45, 7) is -0.501. The fourth-order valence-corrected chi connectivity index (χ4v) is 5.75. The molecule has 0 spiro atoms. The fraction of sp³-hybridized carbons (Fsp3) is 0.448. The Hall–Kier alpha value is -2.74. The van der Waals surface area contributed by atoms with Crippen LogP contribution < -0.4 is 14.8 Å². The number of hydrogen-bond acceptors (Lipinski definition) is 7. The lowest BCUT2D eigenvalue weighted by atomic mass is 9.82.